The van der Waals surface area contributed by atoms with E-state index in [0.29, 0.717) is 0 Å². The zero-order chi connectivity index (χ0) is 10.9. The standard InChI is InChI=1S/C9H15NO3S/c1-7(2)9(14(11,12)13)10-5-4-8(3)6-10/h4-9H,1-3H3/p+1. The molecule has 1 aliphatic heterocycles. The summed E-state index contributed by atoms with van der Waals surface area (Å²) in [5.41, 5.74) is 0. The molecule has 0 fully saturated rings. The SMILES string of the molecule is CC1C=C[N+](C(C(C)C)S(=O)(=O)O)=C1. The van der Waals surface area contributed by atoms with Crippen molar-refractivity contribution in [1.29, 1.82) is 0 Å². The number of nitrogens with zero attached hydrogens (tertiary/aromatic N) is 1. The lowest BCUT2D eigenvalue weighted by Gasteiger charge is -2.12. The van der Waals surface area contributed by atoms with Crippen LogP contribution in [0.4, 0.5) is 0 Å². The summed E-state index contributed by atoms with van der Waals surface area (Å²) in [5.74, 6) is 0.0641. The highest BCUT2D eigenvalue weighted by Crippen LogP contribution is 2.16. The molecular weight excluding hydrogens is 202 g/mol. The Kier molecular flexibility index (Phi) is 3.11. The minimum atomic E-state index is -4.03. The summed E-state index contributed by atoms with van der Waals surface area (Å²) in [6.07, 6.45) is 5.38. The highest BCUT2D eigenvalue weighted by molar-refractivity contribution is 7.86. The molecule has 80 valence electrons. The van der Waals surface area contributed by atoms with Crippen molar-refractivity contribution in [3.05, 3.63) is 12.3 Å². The first-order valence-electron chi connectivity index (χ1n) is 4.59. The number of allylic oxidation sites excluding steroid dienone is 1. The van der Waals surface area contributed by atoms with Gasteiger partial charge in [-0.1, -0.05) is 13.8 Å². The molecule has 2 unspecified atom stereocenters. The van der Waals surface area contributed by atoms with Gasteiger partial charge in [-0.25, -0.2) is 0 Å². The lowest BCUT2D eigenvalue weighted by atomic mass is 10.2. The van der Waals surface area contributed by atoms with E-state index in [1.807, 2.05) is 13.0 Å². The van der Waals surface area contributed by atoms with Crippen molar-refractivity contribution in [3.8, 4) is 0 Å². The van der Waals surface area contributed by atoms with E-state index < -0.39 is 15.5 Å². The van der Waals surface area contributed by atoms with E-state index in [-0.39, 0.29) is 11.8 Å². The highest BCUT2D eigenvalue weighted by atomic mass is 32.2. The lowest BCUT2D eigenvalue weighted by Crippen LogP contribution is -2.35. The maximum Gasteiger partial charge on any atom is 0.330 e. The maximum atomic E-state index is 11.1. The predicted octanol–water partition coefficient (Wildman–Crippen LogP) is 1.10. The average molecular weight is 218 g/mol. The van der Waals surface area contributed by atoms with Gasteiger partial charge in [-0.3, -0.25) is 4.55 Å². The molecule has 0 spiro atoms. The van der Waals surface area contributed by atoms with Crippen molar-refractivity contribution < 1.29 is 17.5 Å². The van der Waals surface area contributed by atoms with Crippen molar-refractivity contribution in [2.75, 3.05) is 0 Å². The van der Waals surface area contributed by atoms with E-state index in [0.717, 1.165) is 0 Å². The molecule has 1 aliphatic rings. The van der Waals surface area contributed by atoms with Crippen LogP contribution in [0.25, 0.3) is 0 Å². The molecule has 0 bridgehead atoms. The molecule has 0 saturated heterocycles. The lowest BCUT2D eigenvalue weighted by molar-refractivity contribution is -0.477. The van der Waals surface area contributed by atoms with Crippen LogP contribution in [-0.2, 0) is 10.1 Å². The number of hydrogen-bond acceptors (Lipinski definition) is 2. The molecule has 0 aromatic carbocycles. The van der Waals surface area contributed by atoms with Crippen molar-refractivity contribution in [3.63, 3.8) is 0 Å². The molecule has 0 aliphatic carbocycles. The molecule has 0 aromatic heterocycles. The normalized spacial score (nSPS) is 24.1. The summed E-state index contributed by atoms with van der Waals surface area (Å²) in [5, 5.41) is -0.872. The van der Waals surface area contributed by atoms with Crippen LogP contribution in [0.2, 0.25) is 0 Å². The molecule has 4 nitrogen and oxygen atoms in total. The molecule has 1 rings (SSSR count). The summed E-state index contributed by atoms with van der Waals surface area (Å²) in [6.45, 7) is 5.49. The van der Waals surface area contributed by atoms with Crippen LogP contribution in [0.1, 0.15) is 20.8 Å². The summed E-state index contributed by atoms with van der Waals surface area (Å²) >= 11 is 0. The van der Waals surface area contributed by atoms with Crippen LogP contribution < -0.4 is 0 Å². The van der Waals surface area contributed by atoms with Gasteiger partial charge in [0.1, 0.15) is 0 Å². The average Bonchev–Trinajstić information content (AvgIpc) is 2.31. The van der Waals surface area contributed by atoms with Crippen LogP contribution in [0.5, 0.6) is 0 Å². The second-order valence-electron chi connectivity index (χ2n) is 3.95. The van der Waals surface area contributed by atoms with Crippen LogP contribution in [0.3, 0.4) is 0 Å². The Morgan fingerprint density at radius 3 is 2.29 bits per heavy atom. The molecule has 2 atom stereocenters. The predicted molar refractivity (Wildman–Crippen MR) is 54.8 cm³/mol. The smallest absolute Gasteiger partial charge is 0.280 e. The van der Waals surface area contributed by atoms with Gasteiger partial charge in [0.05, 0.1) is 5.92 Å². The van der Waals surface area contributed by atoms with Crippen molar-refractivity contribution >= 4 is 16.3 Å². The van der Waals surface area contributed by atoms with Gasteiger partial charge in [0.2, 0.25) is 0 Å². The van der Waals surface area contributed by atoms with Gasteiger partial charge >= 0.3 is 10.1 Å². The quantitative estimate of drug-likeness (QED) is 0.570. The Bertz CT molecular complexity index is 368. The van der Waals surface area contributed by atoms with Gasteiger partial charge in [0, 0.05) is 5.92 Å². The Hall–Kier alpha value is -0.680. The molecule has 0 radical (unpaired) electrons. The van der Waals surface area contributed by atoms with Gasteiger partial charge in [-0.15, -0.1) is 0 Å². The molecule has 14 heavy (non-hydrogen) atoms. The molecular formula is C9H16NO3S+. The van der Waals surface area contributed by atoms with Crippen molar-refractivity contribution in [2.45, 2.75) is 26.1 Å². The third-order valence-electron chi connectivity index (χ3n) is 2.14. The molecule has 1 N–H and O–H groups in total. The Labute approximate surface area is 84.7 Å². The molecule has 0 saturated carbocycles. The van der Waals surface area contributed by atoms with Crippen molar-refractivity contribution in [2.24, 2.45) is 11.8 Å². The van der Waals surface area contributed by atoms with E-state index in [1.165, 1.54) is 0 Å². The third kappa shape index (κ3) is 2.42. The van der Waals surface area contributed by atoms with E-state index in [9.17, 15) is 8.42 Å². The fourth-order valence-corrected chi connectivity index (χ4v) is 2.75. The Morgan fingerprint density at radius 2 is 2.00 bits per heavy atom. The van der Waals surface area contributed by atoms with E-state index in [4.69, 9.17) is 4.55 Å². The number of rotatable bonds is 3. The van der Waals surface area contributed by atoms with Gasteiger partial charge in [-0.2, -0.15) is 13.0 Å². The Morgan fingerprint density at radius 1 is 1.43 bits per heavy atom. The van der Waals surface area contributed by atoms with Crippen LogP contribution in [0, 0.1) is 11.8 Å². The van der Waals surface area contributed by atoms with Crippen LogP contribution >= 0.6 is 0 Å². The molecule has 0 aromatic rings. The van der Waals surface area contributed by atoms with Crippen LogP contribution in [0.15, 0.2) is 12.3 Å². The fourth-order valence-electron chi connectivity index (χ4n) is 1.62. The largest absolute Gasteiger partial charge is 0.330 e. The first kappa shape index (κ1) is 11.4. The first-order chi connectivity index (χ1) is 6.32. The van der Waals surface area contributed by atoms with E-state index >= 15 is 0 Å². The highest BCUT2D eigenvalue weighted by Gasteiger charge is 2.37. The minimum Gasteiger partial charge on any atom is -0.280 e. The van der Waals surface area contributed by atoms with Gasteiger partial charge in [0.25, 0.3) is 5.37 Å². The summed E-state index contributed by atoms with van der Waals surface area (Å²) in [7, 11) is -4.03. The van der Waals surface area contributed by atoms with Gasteiger partial charge in [-0.05, 0) is 13.0 Å². The molecule has 1 heterocycles. The van der Waals surface area contributed by atoms with Crippen LogP contribution in [-0.4, -0.2) is 29.1 Å². The Balaban J connectivity index is 3.03. The third-order valence-corrected chi connectivity index (χ3v) is 3.54. The summed E-state index contributed by atoms with van der Waals surface area (Å²) < 4.78 is 32.9. The molecule has 0 amide bonds. The zero-order valence-corrected chi connectivity index (χ0v) is 9.40. The molecule has 5 heteroatoms. The fraction of sp³-hybridized carbons (Fsp3) is 0.667. The van der Waals surface area contributed by atoms with Gasteiger partial charge in [0.15, 0.2) is 12.4 Å². The summed E-state index contributed by atoms with van der Waals surface area (Å²) in [6, 6.07) is 0. The summed E-state index contributed by atoms with van der Waals surface area (Å²) in [4.78, 5) is 0. The second kappa shape index (κ2) is 3.82. The van der Waals surface area contributed by atoms with Gasteiger partial charge < -0.3 is 0 Å². The second-order valence-corrected chi connectivity index (χ2v) is 5.46. The van der Waals surface area contributed by atoms with E-state index in [2.05, 4.69) is 0 Å². The zero-order valence-electron chi connectivity index (χ0n) is 8.58. The minimum absolute atomic E-state index is 0.156. The monoisotopic (exact) mass is 218 g/mol. The first-order valence-corrected chi connectivity index (χ1v) is 6.09. The van der Waals surface area contributed by atoms with Crippen molar-refractivity contribution in [1.82, 2.24) is 0 Å². The maximum absolute atomic E-state index is 11.1. The number of hydrogen-bond donors (Lipinski definition) is 1. The van der Waals surface area contributed by atoms with E-state index in [1.54, 1.807) is 30.8 Å². The topological polar surface area (TPSA) is 57.4 Å².